The molecule has 0 aliphatic carbocycles. The number of nitrogens with zero attached hydrogens (tertiary/aromatic N) is 1. The van der Waals surface area contributed by atoms with Crippen LogP contribution in [0.5, 0.6) is 0 Å². The third-order valence-electron chi connectivity index (χ3n) is 3.06. The molecule has 0 saturated carbocycles. The zero-order chi connectivity index (χ0) is 12.3. The lowest BCUT2D eigenvalue weighted by Crippen LogP contribution is -2.31. The van der Waals surface area contributed by atoms with Crippen molar-refractivity contribution < 1.29 is 4.79 Å². The zero-order valence-corrected chi connectivity index (χ0v) is 11.9. The number of benzene rings is 1. The molecule has 1 fully saturated rings. The molecule has 1 amide bonds. The molecule has 2 rings (SSSR count). The van der Waals surface area contributed by atoms with Crippen LogP contribution in [0.15, 0.2) is 22.7 Å². The van der Waals surface area contributed by atoms with E-state index in [9.17, 15) is 4.79 Å². The molecule has 0 bridgehead atoms. The van der Waals surface area contributed by atoms with Crippen molar-refractivity contribution in [1.29, 1.82) is 0 Å². The maximum Gasteiger partial charge on any atom is 0.253 e. The van der Waals surface area contributed by atoms with Crippen molar-refractivity contribution >= 4 is 33.4 Å². The van der Waals surface area contributed by atoms with Crippen molar-refractivity contribution in [3.05, 3.63) is 33.3 Å². The van der Waals surface area contributed by atoms with E-state index in [1.807, 2.05) is 4.90 Å². The first kappa shape index (κ1) is 12.9. The van der Waals surface area contributed by atoms with Gasteiger partial charge in [-0.3, -0.25) is 4.79 Å². The molecule has 0 aromatic heterocycles. The lowest BCUT2D eigenvalue weighted by molar-refractivity contribution is 0.0761. The minimum Gasteiger partial charge on any atom is -0.339 e. The second kappa shape index (κ2) is 5.87. The van der Waals surface area contributed by atoms with E-state index in [1.54, 1.807) is 18.2 Å². The fraction of sp³-hybridized carbons (Fsp3) is 0.462. The Kier molecular flexibility index (Phi) is 4.46. The van der Waals surface area contributed by atoms with Crippen LogP contribution in [0, 0.1) is 0 Å². The summed E-state index contributed by atoms with van der Waals surface area (Å²) in [5.41, 5.74) is 0.711. The van der Waals surface area contributed by atoms with E-state index in [-0.39, 0.29) is 5.91 Å². The second-order valence-electron chi connectivity index (χ2n) is 4.34. The standard InChI is InChI=1S/C13H15BrClNO/c14-11-9-10(5-6-12(11)15)13(17)16-7-3-1-2-4-8-16/h5-6,9H,1-4,7-8H2. The number of rotatable bonds is 1. The molecule has 4 heteroatoms. The number of amides is 1. The second-order valence-corrected chi connectivity index (χ2v) is 5.60. The number of hydrogen-bond donors (Lipinski definition) is 0. The van der Waals surface area contributed by atoms with Crippen molar-refractivity contribution in [3.8, 4) is 0 Å². The van der Waals surface area contributed by atoms with E-state index in [2.05, 4.69) is 15.9 Å². The summed E-state index contributed by atoms with van der Waals surface area (Å²) >= 11 is 9.28. The average Bonchev–Trinajstić information content (AvgIpc) is 2.60. The fourth-order valence-corrected chi connectivity index (χ4v) is 2.58. The Morgan fingerprint density at radius 2 is 1.82 bits per heavy atom. The first-order valence-corrected chi connectivity index (χ1v) is 7.10. The van der Waals surface area contributed by atoms with Crippen molar-refractivity contribution in [3.63, 3.8) is 0 Å². The minimum atomic E-state index is 0.115. The summed E-state index contributed by atoms with van der Waals surface area (Å²) in [5, 5.41) is 0.636. The van der Waals surface area contributed by atoms with Crippen LogP contribution >= 0.6 is 27.5 Å². The molecule has 1 aromatic carbocycles. The topological polar surface area (TPSA) is 20.3 Å². The molecule has 0 N–H and O–H groups in total. The molecular formula is C13H15BrClNO. The highest BCUT2D eigenvalue weighted by molar-refractivity contribution is 9.10. The molecule has 1 aromatic rings. The Bertz CT molecular complexity index is 414. The quantitative estimate of drug-likeness (QED) is 0.763. The van der Waals surface area contributed by atoms with Crippen molar-refractivity contribution in [2.45, 2.75) is 25.7 Å². The van der Waals surface area contributed by atoms with E-state index < -0.39 is 0 Å². The summed E-state index contributed by atoms with van der Waals surface area (Å²) < 4.78 is 0.778. The third kappa shape index (κ3) is 3.23. The van der Waals surface area contributed by atoms with Gasteiger partial charge in [-0.15, -0.1) is 0 Å². The van der Waals surface area contributed by atoms with Gasteiger partial charge < -0.3 is 4.90 Å². The fourth-order valence-electron chi connectivity index (χ4n) is 2.09. The zero-order valence-electron chi connectivity index (χ0n) is 9.59. The van der Waals surface area contributed by atoms with Crippen molar-refractivity contribution in [1.82, 2.24) is 4.90 Å². The van der Waals surface area contributed by atoms with Gasteiger partial charge in [-0.05, 0) is 47.0 Å². The predicted octanol–water partition coefficient (Wildman–Crippen LogP) is 4.12. The summed E-state index contributed by atoms with van der Waals surface area (Å²) in [6.07, 6.45) is 4.68. The highest BCUT2D eigenvalue weighted by Crippen LogP contribution is 2.24. The Labute approximate surface area is 115 Å². The third-order valence-corrected chi connectivity index (χ3v) is 4.27. The van der Waals surface area contributed by atoms with Crippen molar-refractivity contribution in [2.75, 3.05) is 13.1 Å². The van der Waals surface area contributed by atoms with Crippen LogP contribution < -0.4 is 0 Å². The number of halogens is 2. The summed E-state index contributed by atoms with van der Waals surface area (Å²) in [7, 11) is 0. The first-order chi connectivity index (χ1) is 8.18. The van der Waals surface area contributed by atoms with Gasteiger partial charge in [0.25, 0.3) is 5.91 Å². The van der Waals surface area contributed by atoms with E-state index in [0.29, 0.717) is 10.6 Å². The summed E-state index contributed by atoms with van der Waals surface area (Å²) in [6.45, 7) is 1.75. The minimum absolute atomic E-state index is 0.115. The molecule has 0 radical (unpaired) electrons. The molecule has 0 unspecified atom stereocenters. The van der Waals surface area contributed by atoms with Gasteiger partial charge in [0, 0.05) is 23.1 Å². The van der Waals surface area contributed by atoms with E-state index in [0.717, 1.165) is 30.4 Å². The highest BCUT2D eigenvalue weighted by atomic mass is 79.9. The van der Waals surface area contributed by atoms with Crippen LogP contribution in [0.2, 0.25) is 5.02 Å². The lowest BCUT2D eigenvalue weighted by Gasteiger charge is -2.20. The SMILES string of the molecule is O=C(c1ccc(Cl)c(Br)c1)N1CCCCCC1. The van der Waals surface area contributed by atoms with Crippen LogP contribution in [-0.2, 0) is 0 Å². The smallest absolute Gasteiger partial charge is 0.253 e. The van der Waals surface area contributed by atoms with Gasteiger partial charge in [0.1, 0.15) is 0 Å². The highest BCUT2D eigenvalue weighted by Gasteiger charge is 2.17. The lowest BCUT2D eigenvalue weighted by atomic mass is 10.2. The Balaban J connectivity index is 2.14. The van der Waals surface area contributed by atoms with Crippen LogP contribution in [0.1, 0.15) is 36.0 Å². The molecule has 1 aliphatic heterocycles. The van der Waals surface area contributed by atoms with Gasteiger partial charge in [0.15, 0.2) is 0 Å². The molecule has 92 valence electrons. The monoisotopic (exact) mass is 315 g/mol. The average molecular weight is 317 g/mol. The van der Waals surface area contributed by atoms with Gasteiger partial charge in [-0.2, -0.15) is 0 Å². The van der Waals surface area contributed by atoms with Crippen LogP contribution in [0.25, 0.3) is 0 Å². The molecule has 1 saturated heterocycles. The maximum absolute atomic E-state index is 12.3. The van der Waals surface area contributed by atoms with Crippen LogP contribution in [0.4, 0.5) is 0 Å². The van der Waals surface area contributed by atoms with Gasteiger partial charge in [0.05, 0.1) is 5.02 Å². The number of carbonyl (C=O) groups is 1. The number of hydrogen-bond acceptors (Lipinski definition) is 1. The Morgan fingerprint density at radius 3 is 2.41 bits per heavy atom. The molecular weight excluding hydrogens is 302 g/mol. The normalized spacial score (nSPS) is 16.7. The molecule has 0 atom stereocenters. The van der Waals surface area contributed by atoms with Crippen molar-refractivity contribution in [2.24, 2.45) is 0 Å². The summed E-state index contributed by atoms with van der Waals surface area (Å²) in [4.78, 5) is 14.2. The van der Waals surface area contributed by atoms with Gasteiger partial charge in [-0.25, -0.2) is 0 Å². The summed E-state index contributed by atoms with van der Waals surface area (Å²) in [5.74, 6) is 0.115. The molecule has 17 heavy (non-hydrogen) atoms. The van der Waals surface area contributed by atoms with Crippen LogP contribution in [-0.4, -0.2) is 23.9 Å². The maximum atomic E-state index is 12.3. The first-order valence-electron chi connectivity index (χ1n) is 5.93. The van der Waals surface area contributed by atoms with Gasteiger partial charge in [-0.1, -0.05) is 24.4 Å². The number of carbonyl (C=O) groups excluding carboxylic acids is 1. The Hall–Kier alpha value is -0.540. The molecule has 2 nitrogen and oxygen atoms in total. The molecule has 1 heterocycles. The summed E-state index contributed by atoms with van der Waals surface area (Å²) in [6, 6.07) is 5.35. The molecule has 0 spiro atoms. The van der Waals surface area contributed by atoms with Gasteiger partial charge >= 0.3 is 0 Å². The van der Waals surface area contributed by atoms with E-state index >= 15 is 0 Å². The van der Waals surface area contributed by atoms with E-state index in [1.165, 1.54) is 12.8 Å². The Morgan fingerprint density at radius 1 is 1.18 bits per heavy atom. The molecule has 1 aliphatic rings. The van der Waals surface area contributed by atoms with Crippen LogP contribution in [0.3, 0.4) is 0 Å². The largest absolute Gasteiger partial charge is 0.339 e. The van der Waals surface area contributed by atoms with Gasteiger partial charge in [0.2, 0.25) is 0 Å². The predicted molar refractivity (Wildman–Crippen MR) is 73.5 cm³/mol. The number of likely N-dealkylation sites (tertiary alicyclic amines) is 1. The van der Waals surface area contributed by atoms with E-state index in [4.69, 9.17) is 11.6 Å².